The number of ether oxygens (including phenoxy) is 2. The van der Waals surface area contributed by atoms with Crippen molar-refractivity contribution < 1.29 is 23.5 Å². The third-order valence-electron chi connectivity index (χ3n) is 8.23. The third kappa shape index (κ3) is 7.55. The minimum Gasteiger partial charge on any atom is -0.489 e. The van der Waals surface area contributed by atoms with Gasteiger partial charge in [-0.25, -0.2) is 0 Å². The van der Waals surface area contributed by atoms with E-state index in [0.717, 1.165) is 52.1 Å². The van der Waals surface area contributed by atoms with Gasteiger partial charge in [-0.15, -0.1) is 0 Å². The number of rotatable bonds is 12. The van der Waals surface area contributed by atoms with E-state index < -0.39 is 0 Å². The van der Waals surface area contributed by atoms with Crippen LogP contribution in [0.2, 0.25) is 0 Å². The summed E-state index contributed by atoms with van der Waals surface area (Å²) in [4.78, 5) is 30.4. The first-order valence-electron chi connectivity index (χ1n) is 15.3. The maximum atomic E-state index is 12.9. The Balaban J connectivity index is 1.32. The van der Waals surface area contributed by atoms with Crippen molar-refractivity contribution in [2.75, 3.05) is 25.5 Å². The van der Waals surface area contributed by atoms with Gasteiger partial charge in [0, 0.05) is 53.8 Å². The Bertz CT molecular complexity index is 1510. The molecule has 5 rings (SSSR count). The number of fused-ring (bicyclic) bond motifs is 1. The third-order valence-corrected chi connectivity index (χ3v) is 8.23. The van der Waals surface area contributed by atoms with E-state index in [1.54, 1.807) is 25.1 Å². The second kappa shape index (κ2) is 14.2. The van der Waals surface area contributed by atoms with E-state index >= 15 is 0 Å². The maximum Gasteiger partial charge on any atom is 0.307 e. The number of aryl methyl sites for hydroxylation is 1. The number of furan rings is 1. The first-order valence-corrected chi connectivity index (χ1v) is 15.3. The lowest BCUT2D eigenvalue weighted by atomic mass is 9.82. The Kier molecular flexibility index (Phi) is 9.97. The van der Waals surface area contributed by atoms with Crippen LogP contribution in [0.3, 0.4) is 0 Å². The maximum absolute atomic E-state index is 12.9. The zero-order chi connectivity index (χ0) is 30.2. The van der Waals surface area contributed by atoms with Gasteiger partial charge in [-0.2, -0.15) is 0 Å². The molecular weight excluding hydrogens is 542 g/mol. The van der Waals surface area contributed by atoms with Crippen LogP contribution in [0.25, 0.3) is 11.0 Å². The van der Waals surface area contributed by atoms with E-state index in [1.807, 2.05) is 54.7 Å². The number of benzene rings is 2. The summed E-state index contributed by atoms with van der Waals surface area (Å²) < 4.78 is 17.6. The second-order valence-electron chi connectivity index (χ2n) is 11.3. The summed E-state index contributed by atoms with van der Waals surface area (Å²) in [6.45, 7) is 4.99. The fourth-order valence-corrected chi connectivity index (χ4v) is 5.82. The quantitative estimate of drug-likeness (QED) is 0.173. The van der Waals surface area contributed by atoms with E-state index in [2.05, 4.69) is 23.3 Å². The first-order chi connectivity index (χ1) is 20.9. The summed E-state index contributed by atoms with van der Waals surface area (Å²) in [6, 6.07) is 17.5. The lowest BCUT2D eigenvalue weighted by Crippen LogP contribution is -2.29. The minimum absolute atomic E-state index is 0.00117. The van der Waals surface area contributed by atoms with Crippen molar-refractivity contribution in [1.82, 2.24) is 9.88 Å². The van der Waals surface area contributed by atoms with Crippen molar-refractivity contribution in [3.63, 3.8) is 0 Å². The number of anilines is 1. The van der Waals surface area contributed by atoms with E-state index in [4.69, 9.17) is 13.9 Å². The lowest BCUT2D eigenvalue weighted by Gasteiger charge is -2.31. The predicted molar refractivity (Wildman–Crippen MR) is 167 cm³/mol. The van der Waals surface area contributed by atoms with Gasteiger partial charge in [0.15, 0.2) is 0 Å². The molecule has 0 saturated heterocycles. The fraction of sp³-hybridized carbons (Fsp3) is 0.400. The molecule has 0 spiro atoms. The van der Waals surface area contributed by atoms with Crippen LogP contribution in [-0.4, -0.2) is 42.0 Å². The summed E-state index contributed by atoms with van der Waals surface area (Å²) in [6.07, 6.45) is 9.69. The summed E-state index contributed by atoms with van der Waals surface area (Å²) in [5.74, 6) is 1.75. The number of hydrogen-bond acceptors (Lipinski definition) is 7. The predicted octanol–water partition coefficient (Wildman–Crippen LogP) is 7.47. The summed E-state index contributed by atoms with van der Waals surface area (Å²) in [5, 5.41) is 4.81. The van der Waals surface area contributed by atoms with Crippen molar-refractivity contribution in [2.45, 2.75) is 65.0 Å². The SMILES string of the molecule is CCOC(=O)CCN(C)C(=O)c1ccc(NC(c2oc3ccc(OCc4cccnc4)cc3c2C)C2CCCCC2)cc1. The topological polar surface area (TPSA) is 93.9 Å². The number of nitrogens with one attached hydrogen (secondary N) is 1. The van der Waals surface area contributed by atoms with Gasteiger partial charge in [0.05, 0.1) is 19.1 Å². The van der Waals surface area contributed by atoms with E-state index in [1.165, 1.54) is 19.3 Å². The van der Waals surface area contributed by atoms with Gasteiger partial charge in [-0.1, -0.05) is 25.3 Å². The van der Waals surface area contributed by atoms with Crippen LogP contribution in [0.4, 0.5) is 5.69 Å². The van der Waals surface area contributed by atoms with Gasteiger partial charge >= 0.3 is 5.97 Å². The fourth-order valence-electron chi connectivity index (χ4n) is 5.82. The highest BCUT2D eigenvalue weighted by Crippen LogP contribution is 2.41. The Morgan fingerprint density at radius 2 is 1.88 bits per heavy atom. The van der Waals surface area contributed by atoms with Crippen LogP contribution in [0.15, 0.2) is 71.4 Å². The molecule has 1 aliphatic rings. The molecule has 2 aromatic heterocycles. The molecule has 2 aromatic carbocycles. The zero-order valence-corrected chi connectivity index (χ0v) is 25.3. The molecule has 1 saturated carbocycles. The molecule has 1 aliphatic carbocycles. The first kappa shape index (κ1) is 30.1. The van der Waals surface area contributed by atoms with E-state index in [-0.39, 0.29) is 24.3 Å². The van der Waals surface area contributed by atoms with Crippen molar-refractivity contribution in [2.24, 2.45) is 5.92 Å². The Labute approximate surface area is 253 Å². The normalized spacial score (nSPS) is 14.3. The molecule has 0 radical (unpaired) electrons. The second-order valence-corrected chi connectivity index (χ2v) is 11.3. The number of hydrogen-bond donors (Lipinski definition) is 1. The van der Waals surface area contributed by atoms with Crippen LogP contribution in [0.1, 0.15) is 78.7 Å². The lowest BCUT2D eigenvalue weighted by molar-refractivity contribution is -0.143. The summed E-state index contributed by atoms with van der Waals surface area (Å²) >= 11 is 0. The molecule has 1 N–H and O–H groups in total. The molecule has 1 atom stereocenters. The molecule has 0 bridgehead atoms. The zero-order valence-electron chi connectivity index (χ0n) is 25.3. The van der Waals surface area contributed by atoms with Crippen LogP contribution in [0.5, 0.6) is 5.75 Å². The van der Waals surface area contributed by atoms with Gasteiger partial charge in [0.25, 0.3) is 5.91 Å². The molecule has 8 heteroatoms. The largest absolute Gasteiger partial charge is 0.489 e. The van der Waals surface area contributed by atoms with Gasteiger partial charge in [-0.3, -0.25) is 14.6 Å². The molecule has 1 unspecified atom stereocenters. The molecule has 2 heterocycles. The number of nitrogens with zero attached hydrogens (tertiary/aromatic N) is 2. The number of esters is 1. The average Bonchev–Trinajstić information content (AvgIpc) is 3.37. The molecular formula is C35H41N3O5. The standard InChI is InChI=1S/C35H41N3O5/c1-4-41-32(39)18-20-38(3)35(40)27-12-14-28(15-13-27)37-33(26-10-6-5-7-11-26)34-24(2)30-21-29(16-17-31(30)43-34)42-23-25-9-8-19-36-22-25/h8-9,12-17,19,21-22,26,33,37H,4-7,10-11,18,20,23H2,1-3H3. The summed E-state index contributed by atoms with van der Waals surface area (Å²) in [7, 11) is 1.70. The van der Waals surface area contributed by atoms with Gasteiger partial charge in [0.2, 0.25) is 0 Å². The Morgan fingerprint density at radius 1 is 1.09 bits per heavy atom. The van der Waals surface area contributed by atoms with Crippen molar-refractivity contribution >= 4 is 28.5 Å². The number of carbonyl (C=O) groups excluding carboxylic acids is 2. The Morgan fingerprint density at radius 3 is 2.60 bits per heavy atom. The van der Waals surface area contributed by atoms with Crippen molar-refractivity contribution in [3.05, 3.63) is 89.4 Å². The van der Waals surface area contributed by atoms with E-state index in [0.29, 0.717) is 31.2 Å². The molecule has 1 amide bonds. The number of pyridine rings is 1. The van der Waals surface area contributed by atoms with Crippen molar-refractivity contribution in [3.8, 4) is 5.75 Å². The monoisotopic (exact) mass is 583 g/mol. The van der Waals surface area contributed by atoms with Gasteiger partial charge in [0.1, 0.15) is 23.7 Å². The highest BCUT2D eigenvalue weighted by molar-refractivity contribution is 5.94. The minimum atomic E-state index is -0.301. The van der Waals surface area contributed by atoms with Crippen LogP contribution < -0.4 is 10.1 Å². The van der Waals surface area contributed by atoms with Crippen molar-refractivity contribution in [1.29, 1.82) is 0 Å². The van der Waals surface area contributed by atoms with Crippen LogP contribution in [0, 0.1) is 12.8 Å². The molecule has 8 nitrogen and oxygen atoms in total. The van der Waals surface area contributed by atoms with Gasteiger partial charge in [-0.05, 0) is 81.1 Å². The van der Waals surface area contributed by atoms with Crippen LogP contribution in [-0.2, 0) is 16.1 Å². The molecule has 43 heavy (non-hydrogen) atoms. The number of aromatic nitrogens is 1. The highest BCUT2D eigenvalue weighted by atomic mass is 16.5. The molecule has 226 valence electrons. The summed E-state index contributed by atoms with van der Waals surface area (Å²) in [5.41, 5.74) is 4.48. The number of amides is 1. The molecule has 0 aliphatic heterocycles. The van der Waals surface area contributed by atoms with Gasteiger partial charge < -0.3 is 24.1 Å². The Hall–Kier alpha value is -4.33. The van der Waals surface area contributed by atoms with E-state index in [9.17, 15) is 9.59 Å². The molecule has 1 fully saturated rings. The smallest absolute Gasteiger partial charge is 0.307 e. The molecule has 4 aromatic rings. The number of carbonyl (C=O) groups is 2. The average molecular weight is 584 g/mol. The highest BCUT2D eigenvalue weighted by Gasteiger charge is 2.30. The van der Waals surface area contributed by atoms with Crippen LogP contribution >= 0.6 is 0 Å².